The number of hydrogen-bond donors (Lipinski definition) is 1. The average Bonchev–Trinajstić information content (AvgIpc) is 2.69. The number of rotatable bonds is 2. The van der Waals surface area contributed by atoms with Crippen molar-refractivity contribution in [2.75, 3.05) is 18.9 Å². The molecule has 2 aromatic rings. The molecule has 2 heterocycles. The molecule has 17 heavy (non-hydrogen) atoms. The predicted molar refractivity (Wildman–Crippen MR) is 59.7 cm³/mol. The molecule has 0 saturated carbocycles. The molecule has 5 nitrogen and oxygen atoms in total. The molecule has 0 aliphatic carbocycles. The number of nitrogen functional groups attached to an aromatic ring is 1. The van der Waals surface area contributed by atoms with E-state index in [2.05, 4.69) is 10.3 Å². The standard InChI is InChI=1S/C11H11FN4O/c12-9-3-7(1-2-10(9)13)11-4-16(15-14-11)8-5-17-6-8/h1-4,8H,5-6,13H2. The lowest BCUT2D eigenvalue weighted by molar-refractivity contribution is -0.0293. The Balaban J connectivity index is 1.92. The van der Waals surface area contributed by atoms with Crippen LogP contribution in [0.3, 0.4) is 0 Å². The number of aromatic nitrogens is 3. The smallest absolute Gasteiger partial charge is 0.146 e. The number of ether oxygens (including phenoxy) is 1. The predicted octanol–water partition coefficient (Wildman–Crippen LogP) is 1.24. The van der Waals surface area contributed by atoms with Crippen molar-refractivity contribution < 1.29 is 9.13 Å². The van der Waals surface area contributed by atoms with Crippen LogP contribution in [0.1, 0.15) is 6.04 Å². The van der Waals surface area contributed by atoms with Crippen molar-refractivity contribution in [2.45, 2.75) is 6.04 Å². The van der Waals surface area contributed by atoms with E-state index >= 15 is 0 Å². The van der Waals surface area contributed by atoms with Gasteiger partial charge in [0.1, 0.15) is 17.6 Å². The number of nitrogens with zero attached hydrogens (tertiary/aromatic N) is 3. The lowest BCUT2D eigenvalue weighted by atomic mass is 10.1. The first-order valence-electron chi connectivity index (χ1n) is 5.29. The lowest BCUT2D eigenvalue weighted by Crippen LogP contribution is -2.30. The molecule has 0 bridgehead atoms. The van der Waals surface area contributed by atoms with Crippen LogP contribution in [0, 0.1) is 5.82 Å². The zero-order valence-electron chi connectivity index (χ0n) is 9.01. The van der Waals surface area contributed by atoms with Crippen LogP contribution in [0.5, 0.6) is 0 Å². The molecule has 3 rings (SSSR count). The van der Waals surface area contributed by atoms with Crippen LogP contribution in [-0.4, -0.2) is 28.2 Å². The highest BCUT2D eigenvalue weighted by Crippen LogP contribution is 2.23. The Bertz CT molecular complexity index is 550. The molecule has 1 aromatic carbocycles. The topological polar surface area (TPSA) is 66.0 Å². The molecule has 0 atom stereocenters. The van der Waals surface area contributed by atoms with E-state index in [1.54, 1.807) is 16.9 Å². The van der Waals surface area contributed by atoms with Gasteiger partial charge < -0.3 is 10.5 Å². The van der Waals surface area contributed by atoms with Gasteiger partial charge in [-0.15, -0.1) is 5.10 Å². The van der Waals surface area contributed by atoms with Crippen LogP contribution < -0.4 is 5.73 Å². The van der Waals surface area contributed by atoms with E-state index in [1.807, 2.05) is 0 Å². The molecule has 6 heteroatoms. The minimum absolute atomic E-state index is 0.133. The first-order valence-corrected chi connectivity index (χ1v) is 5.29. The highest BCUT2D eigenvalue weighted by Gasteiger charge is 2.22. The highest BCUT2D eigenvalue weighted by atomic mass is 19.1. The van der Waals surface area contributed by atoms with Gasteiger partial charge in [-0.1, -0.05) is 11.3 Å². The third-order valence-corrected chi connectivity index (χ3v) is 2.80. The molecule has 88 valence electrons. The summed E-state index contributed by atoms with van der Waals surface area (Å²) < 4.78 is 20.1. The van der Waals surface area contributed by atoms with Gasteiger partial charge in [0.25, 0.3) is 0 Å². The Hall–Kier alpha value is -1.95. The summed E-state index contributed by atoms with van der Waals surface area (Å²) in [6, 6.07) is 4.86. The SMILES string of the molecule is Nc1ccc(-c2cn(C3COC3)nn2)cc1F. The number of benzene rings is 1. The van der Waals surface area contributed by atoms with Gasteiger partial charge in [0, 0.05) is 5.56 Å². The van der Waals surface area contributed by atoms with Gasteiger partial charge in [0.2, 0.25) is 0 Å². The van der Waals surface area contributed by atoms with E-state index in [4.69, 9.17) is 10.5 Å². The number of nitrogens with two attached hydrogens (primary N) is 1. The Morgan fingerprint density at radius 3 is 2.88 bits per heavy atom. The Morgan fingerprint density at radius 2 is 2.24 bits per heavy atom. The normalized spacial score (nSPS) is 15.8. The summed E-state index contributed by atoms with van der Waals surface area (Å²) in [7, 11) is 0. The molecule has 1 aromatic heterocycles. The second kappa shape index (κ2) is 3.81. The summed E-state index contributed by atoms with van der Waals surface area (Å²) in [6.07, 6.45) is 1.79. The maximum absolute atomic E-state index is 13.3. The van der Waals surface area contributed by atoms with Crippen LogP contribution in [0.15, 0.2) is 24.4 Å². The summed E-state index contributed by atoms with van der Waals surface area (Å²) >= 11 is 0. The lowest BCUT2D eigenvalue weighted by Gasteiger charge is -2.25. The zero-order chi connectivity index (χ0) is 11.8. The summed E-state index contributed by atoms with van der Waals surface area (Å²) in [4.78, 5) is 0. The van der Waals surface area contributed by atoms with E-state index in [0.717, 1.165) is 0 Å². The average molecular weight is 234 g/mol. The molecular weight excluding hydrogens is 223 g/mol. The Labute approximate surface area is 97.0 Å². The van der Waals surface area contributed by atoms with Crippen LogP contribution in [0.2, 0.25) is 0 Å². The van der Waals surface area contributed by atoms with Crippen molar-refractivity contribution in [1.82, 2.24) is 15.0 Å². The molecule has 0 radical (unpaired) electrons. The van der Waals surface area contributed by atoms with Crippen molar-refractivity contribution in [1.29, 1.82) is 0 Å². The number of anilines is 1. The minimum atomic E-state index is -0.441. The molecule has 1 fully saturated rings. The van der Waals surface area contributed by atoms with E-state index in [-0.39, 0.29) is 11.7 Å². The number of halogens is 1. The van der Waals surface area contributed by atoms with Crippen molar-refractivity contribution in [3.05, 3.63) is 30.2 Å². The Kier molecular flexibility index (Phi) is 2.29. The summed E-state index contributed by atoms with van der Waals surface area (Å²) in [5, 5.41) is 8.01. The third-order valence-electron chi connectivity index (χ3n) is 2.80. The fourth-order valence-electron chi connectivity index (χ4n) is 1.65. The first-order chi connectivity index (χ1) is 8.24. The Morgan fingerprint density at radius 1 is 1.41 bits per heavy atom. The number of hydrogen-bond acceptors (Lipinski definition) is 4. The highest BCUT2D eigenvalue weighted by molar-refractivity contribution is 5.61. The molecule has 1 saturated heterocycles. The van der Waals surface area contributed by atoms with E-state index < -0.39 is 5.82 Å². The molecule has 0 spiro atoms. The van der Waals surface area contributed by atoms with E-state index in [0.29, 0.717) is 24.5 Å². The largest absolute Gasteiger partial charge is 0.396 e. The van der Waals surface area contributed by atoms with Crippen molar-refractivity contribution in [3.8, 4) is 11.3 Å². The van der Waals surface area contributed by atoms with Crippen molar-refractivity contribution >= 4 is 5.69 Å². The molecule has 0 unspecified atom stereocenters. The van der Waals surface area contributed by atoms with Gasteiger partial charge in [-0.25, -0.2) is 9.07 Å². The van der Waals surface area contributed by atoms with Gasteiger partial charge in [0.05, 0.1) is 25.1 Å². The van der Waals surface area contributed by atoms with Gasteiger partial charge in [0.15, 0.2) is 0 Å². The van der Waals surface area contributed by atoms with E-state index in [9.17, 15) is 4.39 Å². The van der Waals surface area contributed by atoms with Crippen LogP contribution in [0.4, 0.5) is 10.1 Å². The first kappa shape index (κ1) is 10.2. The zero-order valence-corrected chi connectivity index (χ0v) is 9.01. The van der Waals surface area contributed by atoms with Gasteiger partial charge in [-0.05, 0) is 12.1 Å². The van der Waals surface area contributed by atoms with E-state index in [1.165, 1.54) is 12.1 Å². The second-order valence-corrected chi connectivity index (χ2v) is 4.01. The van der Waals surface area contributed by atoms with Crippen molar-refractivity contribution in [3.63, 3.8) is 0 Å². The second-order valence-electron chi connectivity index (χ2n) is 4.01. The summed E-state index contributed by atoms with van der Waals surface area (Å²) in [6.45, 7) is 1.30. The summed E-state index contributed by atoms with van der Waals surface area (Å²) in [5.74, 6) is -0.441. The quantitative estimate of drug-likeness (QED) is 0.794. The maximum atomic E-state index is 13.3. The monoisotopic (exact) mass is 234 g/mol. The fourth-order valence-corrected chi connectivity index (χ4v) is 1.65. The fraction of sp³-hybridized carbons (Fsp3) is 0.273. The molecule has 1 aliphatic heterocycles. The van der Waals surface area contributed by atoms with Gasteiger partial charge >= 0.3 is 0 Å². The van der Waals surface area contributed by atoms with Crippen LogP contribution in [0.25, 0.3) is 11.3 Å². The molecule has 2 N–H and O–H groups in total. The molecular formula is C11H11FN4O. The maximum Gasteiger partial charge on any atom is 0.146 e. The third kappa shape index (κ3) is 1.76. The molecule has 1 aliphatic rings. The summed E-state index contributed by atoms with van der Waals surface area (Å²) in [5.41, 5.74) is 6.86. The van der Waals surface area contributed by atoms with Crippen LogP contribution in [-0.2, 0) is 4.74 Å². The van der Waals surface area contributed by atoms with Crippen molar-refractivity contribution in [2.24, 2.45) is 0 Å². The van der Waals surface area contributed by atoms with Gasteiger partial charge in [-0.3, -0.25) is 0 Å². The van der Waals surface area contributed by atoms with Crippen LogP contribution >= 0.6 is 0 Å². The molecule has 0 amide bonds. The van der Waals surface area contributed by atoms with Gasteiger partial charge in [-0.2, -0.15) is 0 Å². The minimum Gasteiger partial charge on any atom is -0.396 e.